The average Bonchev–Trinajstić information content (AvgIpc) is 3.32. The number of anilines is 2. The van der Waals surface area contributed by atoms with Crippen molar-refractivity contribution in [2.45, 2.75) is 25.9 Å². The molecule has 30 heavy (non-hydrogen) atoms. The van der Waals surface area contributed by atoms with Crippen molar-refractivity contribution in [2.24, 2.45) is 5.73 Å². The van der Waals surface area contributed by atoms with E-state index in [0.717, 1.165) is 6.42 Å². The van der Waals surface area contributed by atoms with Gasteiger partial charge in [0.05, 0.1) is 18.4 Å². The second-order valence-corrected chi connectivity index (χ2v) is 7.30. The summed E-state index contributed by atoms with van der Waals surface area (Å²) < 4.78 is 10.9. The second-order valence-electron chi connectivity index (χ2n) is 7.30. The van der Waals surface area contributed by atoms with Crippen LogP contribution < -0.4 is 20.7 Å². The van der Waals surface area contributed by atoms with Gasteiger partial charge < -0.3 is 25.1 Å². The number of rotatable bonds is 7. The van der Waals surface area contributed by atoms with E-state index in [1.807, 2.05) is 12.1 Å². The van der Waals surface area contributed by atoms with E-state index in [-0.39, 0.29) is 12.5 Å². The van der Waals surface area contributed by atoms with E-state index in [9.17, 15) is 9.59 Å². The predicted octanol–water partition coefficient (Wildman–Crippen LogP) is 3.35. The maximum Gasteiger partial charge on any atom is 0.259 e. The Bertz CT molecular complexity index is 1060. The zero-order valence-electron chi connectivity index (χ0n) is 16.6. The first-order chi connectivity index (χ1) is 14.5. The Morgan fingerprint density at radius 1 is 1.17 bits per heavy atom. The van der Waals surface area contributed by atoms with Crippen molar-refractivity contribution in [3.05, 3.63) is 77.7 Å². The third-order valence-electron chi connectivity index (χ3n) is 5.15. The van der Waals surface area contributed by atoms with E-state index in [0.29, 0.717) is 35.3 Å². The number of nitrogens with two attached hydrogens (primary N) is 1. The van der Waals surface area contributed by atoms with Crippen molar-refractivity contribution in [3.63, 3.8) is 0 Å². The molecule has 0 spiro atoms. The highest BCUT2D eigenvalue weighted by molar-refractivity contribution is 6.05. The van der Waals surface area contributed by atoms with Crippen LogP contribution in [0.15, 0.2) is 65.3 Å². The van der Waals surface area contributed by atoms with Gasteiger partial charge in [0, 0.05) is 17.4 Å². The molecule has 0 bridgehead atoms. The van der Waals surface area contributed by atoms with Crippen LogP contribution in [0.25, 0.3) is 0 Å². The van der Waals surface area contributed by atoms with Crippen LogP contribution in [0.2, 0.25) is 0 Å². The molecule has 1 aliphatic rings. The molecule has 0 fully saturated rings. The van der Waals surface area contributed by atoms with Crippen molar-refractivity contribution in [1.29, 1.82) is 0 Å². The first kappa shape index (κ1) is 19.6. The summed E-state index contributed by atoms with van der Waals surface area (Å²) in [6.07, 6.45) is 2.51. The van der Waals surface area contributed by atoms with Crippen molar-refractivity contribution in [1.82, 2.24) is 0 Å². The van der Waals surface area contributed by atoms with Gasteiger partial charge in [0.2, 0.25) is 0 Å². The lowest BCUT2D eigenvalue weighted by Gasteiger charge is -2.24. The van der Waals surface area contributed by atoms with Crippen LogP contribution in [0, 0.1) is 0 Å². The number of carbonyl (C=O) groups excluding carboxylic acids is 2. The van der Waals surface area contributed by atoms with Gasteiger partial charge in [0.1, 0.15) is 11.5 Å². The number of nitrogens with zero attached hydrogens (tertiary/aromatic N) is 1. The number of ether oxygens (including phenoxy) is 1. The molecule has 1 atom stereocenters. The average molecular weight is 405 g/mol. The number of hydrogen-bond acceptors (Lipinski definition) is 5. The maximum absolute atomic E-state index is 12.8. The molecule has 0 saturated heterocycles. The Labute approximate surface area is 174 Å². The third kappa shape index (κ3) is 4.15. The van der Waals surface area contributed by atoms with Crippen molar-refractivity contribution in [3.8, 4) is 5.75 Å². The summed E-state index contributed by atoms with van der Waals surface area (Å²) in [5, 5.41) is 2.87. The van der Waals surface area contributed by atoms with Crippen LogP contribution in [0.3, 0.4) is 0 Å². The van der Waals surface area contributed by atoms with Crippen LogP contribution in [0.4, 0.5) is 11.4 Å². The van der Waals surface area contributed by atoms with Gasteiger partial charge in [-0.15, -0.1) is 0 Å². The standard InChI is InChI=1S/C23H23N3O4/c1-15-12-16-4-2-3-5-20(16)26(15)13-21-19(10-11-29-21)23(28)25-17-6-8-18(9-7-17)30-14-22(24)27/h2-11,15H,12-14H2,1H3,(H2,24,27)(H,25,28). The van der Waals surface area contributed by atoms with Crippen molar-refractivity contribution >= 4 is 23.2 Å². The van der Waals surface area contributed by atoms with E-state index < -0.39 is 5.91 Å². The van der Waals surface area contributed by atoms with Crippen LogP contribution in [-0.2, 0) is 17.8 Å². The second kappa shape index (κ2) is 8.32. The summed E-state index contributed by atoms with van der Waals surface area (Å²) >= 11 is 0. The quantitative estimate of drug-likeness (QED) is 0.628. The molecule has 0 saturated carbocycles. The summed E-state index contributed by atoms with van der Waals surface area (Å²) in [5.41, 5.74) is 8.66. The number of furan rings is 1. The van der Waals surface area contributed by atoms with E-state index in [1.165, 1.54) is 17.5 Å². The summed E-state index contributed by atoms with van der Waals surface area (Å²) in [7, 11) is 0. The molecule has 1 aromatic heterocycles. The van der Waals surface area contributed by atoms with E-state index in [2.05, 4.69) is 29.3 Å². The van der Waals surface area contributed by atoms with Crippen LogP contribution in [0.1, 0.15) is 28.6 Å². The molecule has 3 N–H and O–H groups in total. The Hall–Kier alpha value is -3.74. The molecule has 154 valence electrons. The Morgan fingerprint density at radius 2 is 1.93 bits per heavy atom. The lowest BCUT2D eigenvalue weighted by Crippen LogP contribution is -2.29. The summed E-state index contributed by atoms with van der Waals surface area (Å²) in [6, 6.07) is 17.1. The van der Waals surface area contributed by atoms with E-state index >= 15 is 0 Å². The zero-order chi connectivity index (χ0) is 21.1. The van der Waals surface area contributed by atoms with Gasteiger partial charge in [-0.3, -0.25) is 9.59 Å². The summed E-state index contributed by atoms with van der Waals surface area (Å²) in [4.78, 5) is 25.9. The fraction of sp³-hybridized carbons (Fsp3) is 0.217. The number of nitrogens with one attached hydrogen (secondary N) is 1. The highest BCUT2D eigenvalue weighted by Crippen LogP contribution is 2.33. The van der Waals surface area contributed by atoms with Gasteiger partial charge in [-0.2, -0.15) is 0 Å². The van der Waals surface area contributed by atoms with Gasteiger partial charge in [-0.1, -0.05) is 18.2 Å². The molecular weight excluding hydrogens is 382 g/mol. The molecule has 2 aromatic carbocycles. The minimum Gasteiger partial charge on any atom is -0.484 e. The Morgan fingerprint density at radius 3 is 2.70 bits per heavy atom. The molecule has 3 aromatic rings. The molecule has 2 amide bonds. The van der Waals surface area contributed by atoms with Gasteiger partial charge in [-0.25, -0.2) is 0 Å². The molecule has 4 rings (SSSR count). The first-order valence-electron chi connectivity index (χ1n) is 9.74. The molecule has 0 radical (unpaired) electrons. The number of hydrogen-bond donors (Lipinski definition) is 2. The molecule has 7 nitrogen and oxygen atoms in total. The number of para-hydroxylation sites is 1. The van der Waals surface area contributed by atoms with Crippen LogP contribution in [-0.4, -0.2) is 24.5 Å². The lowest BCUT2D eigenvalue weighted by atomic mass is 10.1. The number of fused-ring (bicyclic) bond motifs is 1. The Kier molecular flexibility index (Phi) is 5.43. The molecule has 1 unspecified atom stereocenters. The minimum absolute atomic E-state index is 0.192. The SMILES string of the molecule is CC1Cc2ccccc2N1Cc1occc1C(=O)Nc1ccc(OCC(N)=O)cc1. The predicted molar refractivity (Wildman–Crippen MR) is 114 cm³/mol. The molecule has 0 aliphatic carbocycles. The Balaban J connectivity index is 1.44. The number of carbonyl (C=O) groups is 2. The number of amides is 2. The van der Waals surface area contributed by atoms with E-state index in [1.54, 1.807) is 30.3 Å². The summed E-state index contributed by atoms with van der Waals surface area (Å²) in [6.45, 7) is 2.50. The zero-order valence-corrected chi connectivity index (χ0v) is 16.6. The molecule has 7 heteroatoms. The van der Waals surface area contributed by atoms with Crippen LogP contribution in [0.5, 0.6) is 5.75 Å². The normalized spacial score (nSPS) is 15.0. The van der Waals surface area contributed by atoms with E-state index in [4.69, 9.17) is 14.9 Å². The maximum atomic E-state index is 12.8. The number of primary amides is 1. The van der Waals surface area contributed by atoms with Gasteiger partial charge in [0.25, 0.3) is 11.8 Å². The summed E-state index contributed by atoms with van der Waals surface area (Å²) in [5.74, 6) is 0.328. The molecular formula is C23H23N3O4. The highest BCUT2D eigenvalue weighted by atomic mass is 16.5. The highest BCUT2D eigenvalue weighted by Gasteiger charge is 2.28. The fourth-order valence-corrected chi connectivity index (χ4v) is 3.68. The topological polar surface area (TPSA) is 97.8 Å². The van der Waals surface area contributed by atoms with Crippen molar-refractivity contribution < 1.29 is 18.7 Å². The van der Waals surface area contributed by atoms with Gasteiger partial charge in [0.15, 0.2) is 6.61 Å². The van der Waals surface area contributed by atoms with Gasteiger partial charge in [-0.05, 0) is 55.3 Å². The minimum atomic E-state index is -0.546. The van der Waals surface area contributed by atoms with Gasteiger partial charge >= 0.3 is 0 Å². The smallest absolute Gasteiger partial charge is 0.259 e. The lowest BCUT2D eigenvalue weighted by molar-refractivity contribution is -0.119. The first-order valence-corrected chi connectivity index (χ1v) is 9.74. The number of benzene rings is 2. The third-order valence-corrected chi connectivity index (χ3v) is 5.15. The molecule has 2 heterocycles. The fourth-order valence-electron chi connectivity index (χ4n) is 3.68. The monoisotopic (exact) mass is 405 g/mol. The van der Waals surface area contributed by atoms with Crippen molar-refractivity contribution in [2.75, 3.05) is 16.8 Å². The largest absolute Gasteiger partial charge is 0.484 e. The van der Waals surface area contributed by atoms with Crippen LogP contribution >= 0.6 is 0 Å². The molecule has 1 aliphatic heterocycles.